The topological polar surface area (TPSA) is 12.0 Å². The van der Waals surface area contributed by atoms with Crippen molar-refractivity contribution in [2.75, 3.05) is 5.32 Å². The number of hydrogen-bond acceptors (Lipinski definition) is 1. The predicted molar refractivity (Wildman–Crippen MR) is 66.2 cm³/mol. The third-order valence-electron chi connectivity index (χ3n) is 3.22. The second-order valence-corrected chi connectivity index (χ2v) is 4.72. The molecule has 1 fully saturated rings. The van der Waals surface area contributed by atoms with Crippen molar-refractivity contribution in [2.45, 2.75) is 45.6 Å². The van der Waals surface area contributed by atoms with E-state index in [0.717, 1.165) is 5.92 Å². The second kappa shape index (κ2) is 4.69. The van der Waals surface area contributed by atoms with E-state index in [0.29, 0.717) is 6.04 Å². The lowest BCUT2D eigenvalue weighted by Crippen LogP contribution is -2.16. The molecule has 1 aromatic rings. The van der Waals surface area contributed by atoms with Gasteiger partial charge in [0, 0.05) is 11.7 Å². The van der Waals surface area contributed by atoms with Crippen LogP contribution in [-0.4, -0.2) is 6.04 Å². The van der Waals surface area contributed by atoms with E-state index in [1.807, 2.05) is 0 Å². The summed E-state index contributed by atoms with van der Waals surface area (Å²) in [7, 11) is 0. The normalized spacial score (nSPS) is 17.5. The van der Waals surface area contributed by atoms with E-state index in [1.54, 1.807) is 0 Å². The zero-order valence-corrected chi connectivity index (χ0v) is 9.79. The van der Waals surface area contributed by atoms with Crippen LogP contribution < -0.4 is 5.32 Å². The van der Waals surface area contributed by atoms with Crippen LogP contribution in [0.2, 0.25) is 0 Å². The zero-order chi connectivity index (χ0) is 10.7. The monoisotopic (exact) mass is 203 g/mol. The molecule has 0 unspecified atom stereocenters. The quantitative estimate of drug-likeness (QED) is 0.766. The molecule has 1 aromatic carbocycles. The average molecular weight is 203 g/mol. The van der Waals surface area contributed by atoms with Gasteiger partial charge in [-0.2, -0.15) is 0 Å². The van der Waals surface area contributed by atoms with Crippen LogP contribution in [0.4, 0.5) is 5.69 Å². The van der Waals surface area contributed by atoms with Crippen molar-refractivity contribution in [2.24, 2.45) is 5.92 Å². The van der Waals surface area contributed by atoms with Crippen LogP contribution >= 0.6 is 0 Å². The van der Waals surface area contributed by atoms with E-state index in [2.05, 4.69) is 43.4 Å². The average Bonchev–Trinajstić information content (AvgIpc) is 3.04. The van der Waals surface area contributed by atoms with Gasteiger partial charge < -0.3 is 5.32 Å². The van der Waals surface area contributed by atoms with E-state index >= 15 is 0 Å². The molecule has 1 aliphatic rings. The van der Waals surface area contributed by atoms with Gasteiger partial charge in [0.05, 0.1) is 0 Å². The van der Waals surface area contributed by atoms with Crippen LogP contribution in [0.1, 0.15) is 38.7 Å². The minimum Gasteiger partial charge on any atom is -0.382 e. The van der Waals surface area contributed by atoms with Crippen LogP contribution in [0.3, 0.4) is 0 Å². The smallest absolute Gasteiger partial charge is 0.0342 e. The Bertz CT molecular complexity index is 298. The Morgan fingerprint density at radius 1 is 1.27 bits per heavy atom. The van der Waals surface area contributed by atoms with Gasteiger partial charge in [0.25, 0.3) is 0 Å². The summed E-state index contributed by atoms with van der Waals surface area (Å²) >= 11 is 0. The van der Waals surface area contributed by atoms with Gasteiger partial charge in [-0.15, -0.1) is 0 Å². The highest BCUT2D eigenvalue weighted by molar-refractivity contribution is 5.45. The van der Waals surface area contributed by atoms with Crippen molar-refractivity contribution in [1.29, 1.82) is 0 Å². The third-order valence-corrected chi connectivity index (χ3v) is 3.22. The molecule has 0 radical (unpaired) electrons. The van der Waals surface area contributed by atoms with E-state index < -0.39 is 0 Å². The summed E-state index contributed by atoms with van der Waals surface area (Å²) in [5, 5.41) is 3.57. The summed E-state index contributed by atoms with van der Waals surface area (Å²) in [5.74, 6) is 0.917. The molecule has 1 saturated carbocycles. The van der Waals surface area contributed by atoms with Crippen LogP contribution in [0, 0.1) is 5.92 Å². The number of anilines is 1. The number of nitrogens with one attached hydrogen (secondary N) is 1. The second-order valence-electron chi connectivity index (χ2n) is 4.72. The predicted octanol–water partition coefficient (Wildman–Crippen LogP) is 3.85. The van der Waals surface area contributed by atoms with Crippen molar-refractivity contribution >= 4 is 5.69 Å². The Kier molecular flexibility index (Phi) is 3.30. The molecule has 2 rings (SSSR count). The lowest BCUT2D eigenvalue weighted by atomic mass is 10.1. The molecule has 0 amide bonds. The molecule has 1 nitrogen and oxygen atoms in total. The number of rotatable bonds is 5. The van der Waals surface area contributed by atoms with Crippen LogP contribution in [0.5, 0.6) is 0 Å². The standard InChI is InChI=1S/C14H21N/c1-3-4-12-5-9-14(10-6-12)15-11(2)13-7-8-13/h5-6,9-11,13,15H,3-4,7-8H2,1-2H3/t11-/m0/s1. The van der Waals surface area contributed by atoms with Crippen molar-refractivity contribution in [1.82, 2.24) is 0 Å². The third kappa shape index (κ3) is 2.98. The lowest BCUT2D eigenvalue weighted by Gasteiger charge is -2.14. The van der Waals surface area contributed by atoms with Gasteiger partial charge >= 0.3 is 0 Å². The zero-order valence-electron chi connectivity index (χ0n) is 9.79. The highest BCUT2D eigenvalue weighted by Crippen LogP contribution is 2.33. The Labute approximate surface area is 92.9 Å². The Morgan fingerprint density at radius 3 is 2.47 bits per heavy atom. The van der Waals surface area contributed by atoms with Crippen LogP contribution in [-0.2, 0) is 6.42 Å². The first kappa shape index (κ1) is 10.5. The maximum absolute atomic E-state index is 3.57. The Morgan fingerprint density at radius 2 is 1.93 bits per heavy atom. The van der Waals surface area contributed by atoms with E-state index in [1.165, 1.54) is 36.9 Å². The van der Waals surface area contributed by atoms with E-state index in [9.17, 15) is 0 Å². The molecule has 1 N–H and O–H groups in total. The highest BCUT2D eigenvalue weighted by Gasteiger charge is 2.27. The molecule has 0 heterocycles. The van der Waals surface area contributed by atoms with Gasteiger partial charge in [-0.25, -0.2) is 0 Å². The first-order chi connectivity index (χ1) is 7.29. The summed E-state index contributed by atoms with van der Waals surface area (Å²) in [6.45, 7) is 4.51. The van der Waals surface area contributed by atoms with Crippen LogP contribution in [0.25, 0.3) is 0 Å². The largest absolute Gasteiger partial charge is 0.382 e. The molecule has 82 valence electrons. The van der Waals surface area contributed by atoms with Crippen molar-refractivity contribution in [3.05, 3.63) is 29.8 Å². The fourth-order valence-electron chi connectivity index (χ4n) is 2.03. The van der Waals surface area contributed by atoms with Gasteiger partial charge in [0.2, 0.25) is 0 Å². The molecule has 1 heteroatoms. The molecule has 15 heavy (non-hydrogen) atoms. The maximum atomic E-state index is 3.57. The van der Waals surface area contributed by atoms with Gasteiger partial charge in [-0.05, 0) is 49.8 Å². The summed E-state index contributed by atoms with van der Waals surface area (Å²) in [4.78, 5) is 0. The van der Waals surface area contributed by atoms with Gasteiger partial charge in [0.1, 0.15) is 0 Å². The fourth-order valence-corrected chi connectivity index (χ4v) is 2.03. The molecule has 0 spiro atoms. The van der Waals surface area contributed by atoms with E-state index in [-0.39, 0.29) is 0 Å². The number of hydrogen-bond donors (Lipinski definition) is 1. The Balaban J connectivity index is 1.91. The van der Waals surface area contributed by atoms with Gasteiger partial charge in [0.15, 0.2) is 0 Å². The molecule has 1 aliphatic carbocycles. The summed E-state index contributed by atoms with van der Waals surface area (Å²) in [6, 6.07) is 9.55. The maximum Gasteiger partial charge on any atom is 0.0342 e. The minimum absolute atomic E-state index is 0.641. The molecular formula is C14H21N. The van der Waals surface area contributed by atoms with Crippen molar-refractivity contribution in [3.63, 3.8) is 0 Å². The van der Waals surface area contributed by atoms with Gasteiger partial charge in [-0.1, -0.05) is 25.5 Å². The highest BCUT2D eigenvalue weighted by atomic mass is 14.9. The summed E-state index contributed by atoms with van der Waals surface area (Å²) < 4.78 is 0. The molecule has 1 atom stereocenters. The first-order valence-electron chi connectivity index (χ1n) is 6.15. The first-order valence-corrected chi connectivity index (χ1v) is 6.15. The lowest BCUT2D eigenvalue weighted by molar-refractivity contribution is 0.694. The molecule has 0 bridgehead atoms. The van der Waals surface area contributed by atoms with E-state index in [4.69, 9.17) is 0 Å². The molecule has 0 aromatic heterocycles. The van der Waals surface area contributed by atoms with Crippen molar-refractivity contribution < 1.29 is 0 Å². The van der Waals surface area contributed by atoms with Crippen molar-refractivity contribution in [3.8, 4) is 0 Å². The SMILES string of the molecule is CCCc1ccc(N[C@@H](C)C2CC2)cc1. The summed E-state index contributed by atoms with van der Waals surface area (Å²) in [5.41, 5.74) is 2.72. The fraction of sp³-hybridized carbons (Fsp3) is 0.571. The summed E-state index contributed by atoms with van der Waals surface area (Å²) in [6.07, 6.45) is 5.23. The molecular weight excluding hydrogens is 182 g/mol. The molecule has 0 aliphatic heterocycles. The molecule has 0 saturated heterocycles. The van der Waals surface area contributed by atoms with Crippen LogP contribution in [0.15, 0.2) is 24.3 Å². The minimum atomic E-state index is 0.641. The Hall–Kier alpha value is -0.980. The number of aryl methyl sites for hydroxylation is 1. The number of benzene rings is 1. The van der Waals surface area contributed by atoms with Gasteiger partial charge in [-0.3, -0.25) is 0 Å².